The Hall–Kier alpha value is -1.95. The Balaban J connectivity index is 2.36. The maximum atomic E-state index is 13.6. The second-order valence-corrected chi connectivity index (χ2v) is 4.59. The largest absolute Gasteiger partial charge is 0.528 e. The van der Waals surface area contributed by atoms with Gasteiger partial charge in [0, 0.05) is 13.6 Å². The van der Waals surface area contributed by atoms with E-state index in [1.165, 1.54) is 6.07 Å². The predicted octanol–water partition coefficient (Wildman–Crippen LogP) is 1.94. The van der Waals surface area contributed by atoms with E-state index in [1.54, 1.807) is 36.2 Å². The maximum absolute atomic E-state index is 13.6. The molecule has 2 rings (SSSR count). The maximum Gasteiger partial charge on any atom is 0.309 e. The third-order valence-corrected chi connectivity index (χ3v) is 3.05. The molecule has 0 saturated carbocycles. The van der Waals surface area contributed by atoms with Crippen molar-refractivity contribution in [3.05, 3.63) is 41.7 Å². The molecule has 1 aromatic rings. The number of benzene rings is 1. The number of carbonyl (C=O) groups excluding carboxylic acids is 1. The lowest BCUT2D eigenvalue weighted by Crippen LogP contribution is -2.25. The highest BCUT2D eigenvalue weighted by atomic mass is 28.2. The summed E-state index contributed by atoms with van der Waals surface area (Å²) in [5.41, 5.74) is 0.555. The van der Waals surface area contributed by atoms with Gasteiger partial charge >= 0.3 is 9.76 Å². The molecule has 0 spiro atoms. The van der Waals surface area contributed by atoms with Crippen LogP contribution in [0.4, 0.5) is 10.1 Å². The van der Waals surface area contributed by atoms with E-state index in [4.69, 9.17) is 4.43 Å². The molecule has 0 saturated heterocycles. The SMILES string of the molecule is C[Si]OC(=Nc1ccccc1F)C1=CCN(C)C1=O. The molecule has 0 fully saturated rings. The van der Waals surface area contributed by atoms with E-state index in [1.807, 2.05) is 6.55 Å². The summed E-state index contributed by atoms with van der Waals surface area (Å²) in [4.78, 5) is 17.6. The van der Waals surface area contributed by atoms with Crippen LogP contribution in [0.25, 0.3) is 0 Å². The average molecular weight is 276 g/mol. The highest BCUT2D eigenvalue weighted by Crippen LogP contribution is 2.20. The molecule has 6 heteroatoms. The molecule has 0 unspecified atom stereocenters. The first-order chi connectivity index (χ1) is 9.13. The number of halogens is 1. The number of nitrogens with zero attached hydrogens (tertiary/aromatic N) is 2. The normalized spacial score (nSPS) is 15.7. The quantitative estimate of drug-likeness (QED) is 0.481. The summed E-state index contributed by atoms with van der Waals surface area (Å²) in [5, 5.41) is 0. The number of rotatable bonds is 3. The van der Waals surface area contributed by atoms with Crippen LogP contribution < -0.4 is 0 Å². The fourth-order valence-corrected chi connectivity index (χ4v) is 2.02. The fourth-order valence-electron chi connectivity index (χ4n) is 1.67. The molecule has 1 aromatic carbocycles. The van der Waals surface area contributed by atoms with Gasteiger partial charge in [0.1, 0.15) is 11.5 Å². The van der Waals surface area contributed by atoms with Crippen LogP contribution in [0.5, 0.6) is 0 Å². The van der Waals surface area contributed by atoms with E-state index < -0.39 is 5.82 Å². The molecule has 0 aliphatic carbocycles. The standard InChI is InChI=1S/C13H13FN2O2Si/c1-16-8-7-9(13(16)17)12(18-19-2)15-11-6-4-3-5-10(11)14/h3-7H,8H2,1-2H3. The Morgan fingerprint density at radius 2 is 2.21 bits per heavy atom. The lowest BCUT2D eigenvalue weighted by atomic mass is 10.2. The molecule has 98 valence electrons. The monoisotopic (exact) mass is 276 g/mol. The van der Waals surface area contributed by atoms with Gasteiger partial charge < -0.3 is 9.33 Å². The van der Waals surface area contributed by atoms with Crippen molar-refractivity contribution in [1.82, 2.24) is 4.90 Å². The first-order valence-electron chi connectivity index (χ1n) is 5.76. The van der Waals surface area contributed by atoms with Gasteiger partial charge in [0.2, 0.25) is 5.90 Å². The summed E-state index contributed by atoms with van der Waals surface area (Å²) in [7, 11) is 1.83. The number of aliphatic imine (C=N–C) groups is 1. The van der Waals surface area contributed by atoms with Crippen molar-refractivity contribution in [3.8, 4) is 0 Å². The van der Waals surface area contributed by atoms with E-state index in [0.29, 0.717) is 12.1 Å². The number of amides is 1. The summed E-state index contributed by atoms with van der Waals surface area (Å²) in [6, 6.07) is 6.14. The van der Waals surface area contributed by atoms with Gasteiger partial charge in [-0.1, -0.05) is 12.1 Å². The molecular formula is C13H13FN2O2Si. The third kappa shape index (κ3) is 2.90. The second-order valence-electron chi connectivity index (χ2n) is 3.98. The first kappa shape index (κ1) is 13.5. The number of hydrogen-bond donors (Lipinski definition) is 0. The highest BCUT2D eigenvalue weighted by molar-refractivity contribution is 6.33. The van der Waals surface area contributed by atoms with Crippen LogP contribution in [0.2, 0.25) is 6.55 Å². The third-order valence-electron chi connectivity index (χ3n) is 2.65. The average Bonchev–Trinajstić information content (AvgIpc) is 2.72. The molecule has 1 aliphatic heterocycles. The van der Waals surface area contributed by atoms with E-state index in [9.17, 15) is 9.18 Å². The smallest absolute Gasteiger partial charge is 0.309 e. The van der Waals surface area contributed by atoms with Crippen molar-refractivity contribution < 1.29 is 13.6 Å². The van der Waals surface area contributed by atoms with Gasteiger partial charge in [-0.3, -0.25) is 4.79 Å². The zero-order chi connectivity index (χ0) is 13.8. The Morgan fingerprint density at radius 1 is 1.47 bits per heavy atom. The Kier molecular flexibility index (Phi) is 4.11. The van der Waals surface area contributed by atoms with Gasteiger partial charge in [0.25, 0.3) is 5.91 Å². The van der Waals surface area contributed by atoms with Crippen molar-refractivity contribution >= 4 is 27.3 Å². The molecule has 0 atom stereocenters. The van der Waals surface area contributed by atoms with E-state index in [0.717, 1.165) is 0 Å². The van der Waals surface area contributed by atoms with Crippen molar-refractivity contribution in [2.75, 3.05) is 13.6 Å². The van der Waals surface area contributed by atoms with Gasteiger partial charge in [-0.05, 0) is 24.8 Å². The Bertz CT molecular complexity index is 557. The molecule has 0 N–H and O–H groups in total. The summed E-state index contributed by atoms with van der Waals surface area (Å²) >= 11 is 0. The molecular weight excluding hydrogens is 263 g/mol. The van der Waals surface area contributed by atoms with Crippen molar-refractivity contribution in [2.24, 2.45) is 4.99 Å². The summed E-state index contributed by atoms with van der Waals surface area (Å²) in [6.07, 6.45) is 1.74. The lowest BCUT2D eigenvalue weighted by molar-refractivity contribution is -0.123. The molecule has 0 bridgehead atoms. The van der Waals surface area contributed by atoms with Crippen LogP contribution in [0.1, 0.15) is 0 Å². The first-order valence-corrected chi connectivity index (χ1v) is 7.17. The second kappa shape index (κ2) is 5.79. The zero-order valence-electron chi connectivity index (χ0n) is 10.7. The highest BCUT2D eigenvalue weighted by Gasteiger charge is 2.26. The van der Waals surface area contributed by atoms with Crippen LogP contribution in [0, 0.1) is 5.82 Å². The van der Waals surface area contributed by atoms with Crippen LogP contribution in [-0.2, 0) is 9.22 Å². The fraction of sp³-hybridized carbons (Fsp3) is 0.231. The van der Waals surface area contributed by atoms with Gasteiger partial charge in [0.05, 0.1) is 5.57 Å². The summed E-state index contributed by atoms with van der Waals surface area (Å²) in [6.45, 7) is 2.33. The van der Waals surface area contributed by atoms with E-state index >= 15 is 0 Å². The number of para-hydroxylation sites is 1. The molecule has 1 amide bonds. The van der Waals surface area contributed by atoms with Crippen LogP contribution in [-0.4, -0.2) is 40.1 Å². The van der Waals surface area contributed by atoms with Crippen LogP contribution >= 0.6 is 0 Å². The molecule has 1 aliphatic rings. The lowest BCUT2D eigenvalue weighted by Gasteiger charge is -2.11. The number of carbonyl (C=O) groups is 1. The van der Waals surface area contributed by atoms with Crippen LogP contribution in [0.15, 0.2) is 40.9 Å². The van der Waals surface area contributed by atoms with Crippen LogP contribution in [0.3, 0.4) is 0 Å². The van der Waals surface area contributed by atoms with E-state index in [-0.39, 0.29) is 27.3 Å². The molecule has 1 heterocycles. The van der Waals surface area contributed by atoms with E-state index in [2.05, 4.69) is 4.99 Å². The Morgan fingerprint density at radius 3 is 2.79 bits per heavy atom. The summed E-state index contributed by atoms with van der Waals surface area (Å²) in [5.74, 6) is -0.420. The van der Waals surface area contributed by atoms with Gasteiger partial charge in [-0.2, -0.15) is 0 Å². The Labute approximate surface area is 113 Å². The minimum atomic E-state index is -0.442. The van der Waals surface area contributed by atoms with Crippen molar-refractivity contribution in [1.29, 1.82) is 0 Å². The minimum absolute atomic E-state index is 0.130. The molecule has 4 nitrogen and oxygen atoms in total. The summed E-state index contributed by atoms with van der Waals surface area (Å²) < 4.78 is 19.0. The molecule has 2 radical (unpaired) electrons. The van der Waals surface area contributed by atoms with Crippen molar-refractivity contribution in [3.63, 3.8) is 0 Å². The van der Waals surface area contributed by atoms with Crippen molar-refractivity contribution in [2.45, 2.75) is 6.55 Å². The number of hydrogen-bond acceptors (Lipinski definition) is 3. The van der Waals surface area contributed by atoms with Gasteiger partial charge in [0.15, 0.2) is 0 Å². The molecule has 19 heavy (non-hydrogen) atoms. The van der Waals surface area contributed by atoms with Gasteiger partial charge in [-0.15, -0.1) is 0 Å². The molecule has 0 aromatic heterocycles. The zero-order valence-corrected chi connectivity index (χ0v) is 11.7. The topological polar surface area (TPSA) is 41.9 Å². The van der Waals surface area contributed by atoms with Gasteiger partial charge in [-0.25, -0.2) is 9.38 Å². The minimum Gasteiger partial charge on any atom is -0.528 e. The predicted molar refractivity (Wildman–Crippen MR) is 71.9 cm³/mol. The number of likely N-dealkylation sites (N-methyl/N-ethyl adjacent to an activating group) is 1.